The van der Waals surface area contributed by atoms with Crippen molar-refractivity contribution in [1.82, 2.24) is 9.80 Å². The topological polar surface area (TPSA) is 42.0 Å². The maximum absolute atomic E-state index is 13.7. The summed E-state index contributed by atoms with van der Waals surface area (Å²) < 4.78 is 37.9. The van der Waals surface area contributed by atoms with Gasteiger partial charge < -0.3 is 14.4 Å². The zero-order valence-corrected chi connectivity index (χ0v) is 14.6. The molecule has 0 unspecified atom stereocenters. The van der Waals surface area contributed by atoms with Gasteiger partial charge in [-0.1, -0.05) is 0 Å². The van der Waals surface area contributed by atoms with Gasteiger partial charge in [0.05, 0.1) is 19.8 Å². The molecule has 2 saturated heterocycles. The van der Waals surface area contributed by atoms with Gasteiger partial charge in [0.2, 0.25) is 0 Å². The summed E-state index contributed by atoms with van der Waals surface area (Å²) in [6, 6.07) is 6.69. The summed E-state index contributed by atoms with van der Waals surface area (Å²) in [7, 11) is 1.52. The van der Waals surface area contributed by atoms with E-state index in [-0.39, 0.29) is 31.0 Å². The zero-order chi connectivity index (χ0) is 18.0. The molecule has 1 atom stereocenters. The summed E-state index contributed by atoms with van der Waals surface area (Å²) in [5.74, 6) is -2.03. The average Bonchev–Trinajstić information content (AvgIpc) is 2.82. The lowest BCUT2D eigenvalue weighted by Crippen LogP contribution is -2.62. The van der Waals surface area contributed by atoms with Crippen molar-refractivity contribution in [3.05, 3.63) is 29.8 Å². The number of ether oxygens (including phenoxy) is 2. The molecule has 2 aliphatic heterocycles. The fourth-order valence-electron chi connectivity index (χ4n) is 3.57. The fourth-order valence-corrected chi connectivity index (χ4v) is 3.57. The van der Waals surface area contributed by atoms with Crippen molar-refractivity contribution >= 4 is 5.91 Å². The van der Waals surface area contributed by atoms with Crippen LogP contribution in [0.3, 0.4) is 0 Å². The highest BCUT2D eigenvalue weighted by molar-refractivity contribution is 5.94. The Morgan fingerprint density at radius 3 is 2.56 bits per heavy atom. The van der Waals surface area contributed by atoms with Crippen LogP contribution in [0.15, 0.2) is 24.3 Å². The number of hydrogen-bond acceptors (Lipinski definition) is 4. The third-order valence-electron chi connectivity index (χ3n) is 4.81. The van der Waals surface area contributed by atoms with Crippen LogP contribution >= 0.6 is 0 Å². The number of likely N-dealkylation sites (tertiary alicyclic amines) is 2. The third kappa shape index (κ3) is 3.93. The fraction of sp³-hybridized carbons (Fsp3) is 0.611. The molecule has 3 rings (SSSR count). The molecule has 0 radical (unpaired) electrons. The lowest BCUT2D eigenvalue weighted by Gasteiger charge is -2.45. The lowest BCUT2D eigenvalue weighted by molar-refractivity contribution is -0.0136. The van der Waals surface area contributed by atoms with Crippen LogP contribution < -0.4 is 4.74 Å². The summed E-state index contributed by atoms with van der Waals surface area (Å²) in [5.41, 5.74) is 0.585. The number of halogens is 2. The molecule has 0 N–H and O–H groups in total. The molecule has 1 aromatic carbocycles. The van der Waals surface area contributed by atoms with Gasteiger partial charge in [-0.15, -0.1) is 0 Å². The molecular formula is C18H24F2N2O3. The van der Waals surface area contributed by atoms with Crippen molar-refractivity contribution in [2.24, 2.45) is 0 Å². The maximum atomic E-state index is 13.7. The molecule has 25 heavy (non-hydrogen) atoms. The van der Waals surface area contributed by atoms with Crippen molar-refractivity contribution in [3.63, 3.8) is 0 Å². The molecule has 2 fully saturated rings. The Kier molecular flexibility index (Phi) is 5.24. The van der Waals surface area contributed by atoms with Crippen LogP contribution in [-0.4, -0.2) is 73.7 Å². The minimum Gasteiger partial charge on any atom is -0.494 e. The highest BCUT2D eigenvalue weighted by atomic mass is 19.3. The Bertz CT molecular complexity index is 603. The van der Waals surface area contributed by atoms with Gasteiger partial charge in [0.1, 0.15) is 5.75 Å². The standard InChI is InChI=1S/C18H24F2N2O3/c1-3-25-16-6-4-13(5-7-16)17(23)21-9-15(10-21)22-12-18(19,20)8-14(22)11-24-2/h4-7,14-15H,3,8-12H2,1-2H3/t14-/m0/s1. The average molecular weight is 354 g/mol. The van der Waals surface area contributed by atoms with Crippen LogP contribution in [0.1, 0.15) is 23.7 Å². The summed E-state index contributed by atoms with van der Waals surface area (Å²) in [5, 5.41) is 0. The molecule has 2 heterocycles. The Hall–Kier alpha value is -1.73. The van der Waals surface area contributed by atoms with E-state index < -0.39 is 5.92 Å². The van der Waals surface area contributed by atoms with Crippen LogP contribution in [0.2, 0.25) is 0 Å². The number of amides is 1. The molecule has 5 nitrogen and oxygen atoms in total. The van der Waals surface area contributed by atoms with Gasteiger partial charge in [-0.3, -0.25) is 9.69 Å². The van der Waals surface area contributed by atoms with Gasteiger partial charge in [-0.25, -0.2) is 8.78 Å². The van der Waals surface area contributed by atoms with Gasteiger partial charge in [0.15, 0.2) is 0 Å². The molecule has 0 bridgehead atoms. The number of benzene rings is 1. The molecule has 2 aliphatic rings. The van der Waals surface area contributed by atoms with Gasteiger partial charge in [0, 0.05) is 44.3 Å². The van der Waals surface area contributed by atoms with E-state index in [0.717, 1.165) is 5.75 Å². The first kappa shape index (κ1) is 18.1. The molecule has 1 amide bonds. The van der Waals surface area contributed by atoms with Crippen molar-refractivity contribution in [1.29, 1.82) is 0 Å². The monoisotopic (exact) mass is 354 g/mol. The first-order valence-electron chi connectivity index (χ1n) is 8.58. The van der Waals surface area contributed by atoms with Crippen molar-refractivity contribution in [3.8, 4) is 5.75 Å². The van der Waals surface area contributed by atoms with E-state index in [4.69, 9.17) is 9.47 Å². The highest BCUT2D eigenvalue weighted by Gasteiger charge is 2.50. The molecule has 0 spiro atoms. The smallest absolute Gasteiger partial charge is 0.262 e. The van der Waals surface area contributed by atoms with E-state index in [1.54, 1.807) is 34.1 Å². The lowest BCUT2D eigenvalue weighted by atomic mass is 10.0. The van der Waals surface area contributed by atoms with Crippen molar-refractivity contribution < 1.29 is 23.0 Å². The molecule has 0 aliphatic carbocycles. The predicted octanol–water partition coefficient (Wildman–Crippen LogP) is 2.27. The first-order valence-corrected chi connectivity index (χ1v) is 8.58. The van der Waals surface area contributed by atoms with Crippen LogP contribution in [0.4, 0.5) is 8.78 Å². The first-order chi connectivity index (χ1) is 11.9. The molecule has 138 valence electrons. The molecule has 7 heteroatoms. The number of methoxy groups -OCH3 is 1. The Morgan fingerprint density at radius 1 is 1.28 bits per heavy atom. The van der Waals surface area contributed by atoms with Gasteiger partial charge in [-0.2, -0.15) is 0 Å². The van der Waals surface area contributed by atoms with E-state index >= 15 is 0 Å². The minimum absolute atomic E-state index is 0.0276. The zero-order valence-electron chi connectivity index (χ0n) is 14.6. The maximum Gasteiger partial charge on any atom is 0.262 e. The Balaban J connectivity index is 1.57. The SMILES string of the molecule is CCOc1ccc(C(=O)N2CC(N3CC(F)(F)C[C@H]3COC)C2)cc1. The second-order valence-electron chi connectivity index (χ2n) is 6.66. The molecule has 1 aromatic rings. The summed E-state index contributed by atoms with van der Waals surface area (Å²) in [6.45, 7) is 3.46. The number of carbonyl (C=O) groups is 1. The van der Waals surface area contributed by atoms with Crippen LogP contribution in [0, 0.1) is 0 Å². The van der Waals surface area contributed by atoms with Gasteiger partial charge in [-0.05, 0) is 31.2 Å². The van der Waals surface area contributed by atoms with Crippen LogP contribution in [0.5, 0.6) is 5.75 Å². The molecule has 0 aromatic heterocycles. The quantitative estimate of drug-likeness (QED) is 0.786. The predicted molar refractivity (Wildman–Crippen MR) is 89.2 cm³/mol. The van der Waals surface area contributed by atoms with Gasteiger partial charge in [0.25, 0.3) is 11.8 Å². The van der Waals surface area contributed by atoms with Crippen molar-refractivity contribution in [2.75, 3.05) is 40.0 Å². The number of alkyl halides is 2. The minimum atomic E-state index is -2.68. The summed E-state index contributed by atoms with van der Waals surface area (Å²) in [6.07, 6.45) is -0.176. The second-order valence-corrected chi connectivity index (χ2v) is 6.66. The van der Waals surface area contributed by atoms with Gasteiger partial charge >= 0.3 is 0 Å². The van der Waals surface area contributed by atoms with E-state index in [2.05, 4.69) is 0 Å². The summed E-state index contributed by atoms with van der Waals surface area (Å²) >= 11 is 0. The molecule has 0 saturated carbocycles. The molecular weight excluding hydrogens is 330 g/mol. The Labute approximate surface area is 146 Å². The number of hydrogen-bond donors (Lipinski definition) is 0. The largest absolute Gasteiger partial charge is 0.494 e. The number of carbonyl (C=O) groups excluding carboxylic acids is 1. The number of rotatable bonds is 6. The van der Waals surface area contributed by atoms with E-state index in [1.807, 2.05) is 6.92 Å². The highest BCUT2D eigenvalue weighted by Crippen LogP contribution is 2.35. The van der Waals surface area contributed by atoms with Crippen molar-refractivity contribution in [2.45, 2.75) is 31.4 Å². The van der Waals surface area contributed by atoms with E-state index in [0.29, 0.717) is 31.9 Å². The third-order valence-corrected chi connectivity index (χ3v) is 4.81. The normalized spacial score (nSPS) is 23.5. The Morgan fingerprint density at radius 2 is 1.96 bits per heavy atom. The second kappa shape index (κ2) is 7.25. The van der Waals surface area contributed by atoms with E-state index in [1.165, 1.54) is 7.11 Å². The summed E-state index contributed by atoms with van der Waals surface area (Å²) in [4.78, 5) is 16.0. The number of nitrogens with zero attached hydrogens (tertiary/aromatic N) is 2. The van der Waals surface area contributed by atoms with Crippen LogP contribution in [0.25, 0.3) is 0 Å². The van der Waals surface area contributed by atoms with Crippen LogP contribution in [-0.2, 0) is 4.74 Å². The van der Waals surface area contributed by atoms with E-state index in [9.17, 15) is 13.6 Å².